The van der Waals surface area contributed by atoms with E-state index in [9.17, 15) is 4.79 Å². The molecular weight excluding hydrogens is 376 g/mol. The molecule has 0 aliphatic heterocycles. The number of rotatable bonds is 4. The molecule has 148 valence electrons. The number of aryl methyl sites for hydroxylation is 1. The summed E-state index contributed by atoms with van der Waals surface area (Å²) in [5, 5.41) is 3.83. The number of nitrogens with two attached hydrogens (primary N) is 1. The summed E-state index contributed by atoms with van der Waals surface area (Å²) in [7, 11) is 0. The van der Waals surface area contributed by atoms with Crippen molar-refractivity contribution in [2.24, 2.45) is 0 Å². The largest absolute Gasteiger partial charge is 0.368 e. The normalized spacial score (nSPS) is 11.8. The van der Waals surface area contributed by atoms with Gasteiger partial charge in [-0.2, -0.15) is 4.98 Å². The molecule has 0 aliphatic carbocycles. The van der Waals surface area contributed by atoms with Gasteiger partial charge in [-0.05, 0) is 37.6 Å². The minimum atomic E-state index is -0.399. The summed E-state index contributed by atoms with van der Waals surface area (Å²) in [6, 6.07) is 14.6. The maximum absolute atomic E-state index is 13.5. The average molecular weight is 396 g/mol. The summed E-state index contributed by atoms with van der Waals surface area (Å²) in [4.78, 5) is 26.5. The van der Waals surface area contributed by atoms with Crippen molar-refractivity contribution in [1.82, 2.24) is 19.5 Å². The molecule has 0 fully saturated rings. The maximum Gasteiger partial charge on any atom is 0.266 e. The molecule has 7 heteroatoms. The number of terminal acetylenes is 1. The lowest BCUT2D eigenvalue weighted by Gasteiger charge is -2.21. The predicted molar refractivity (Wildman–Crippen MR) is 118 cm³/mol. The van der Waals surface area contributed by atoms with Crippen molar-refractivity contribution in [3.8, 4) is 18.0 Å². The van der Waals surface area contributed by atoms with Gasteiger partial charge in [-0.25, -0.2) is 9.97 Å². The van der Waals surface area contributed by atoms with Crippen molar-refractivity contribution < 1.29 is 0 Å². The molecule has 7 nitrogen and oxygen atoms in total. The highest BCUT2D eigenvalue weighted by molar-refractivity contribution is 5.81. The fourth-order valence-electron chi connectivity index (χ4n) is 3.41. The van der Waals surface area contributed by atoms with Crippen LogP contribution in [0.5, 0.6) is 0 Å². The van der Waals surface area contributed by atoms with E-state index in [0.717, 1.165) is 11.3 Å². The van der Waals surface area contributed by atoms with E-state index >= 15 is 0 Å². The van der Waals surface area contributed by atoms with E-state index in [-0.39, 0.29) is 11.5 Å². The predicted octanol–water partition coefficient (Wildman–Crippen LogP) is 3.22. The first-order chi connectivity index (χ1) is 14.5. The molecule has 0 aliphatic rings. The number of para-hydroxylation sites is 1. The molecule has 0 saturated carbocycles. The Kier molecular flexibility index (Phi) is 4.90. The number of fused-ring (bicyclic) bond motifs is 1. The van der Waals surface area contributed by atoms with Gasteiger partial charge in [-0.15, -0.1) is 6.42 Å². The van der Waals surface area contributed by atoms with Crippen LogP contribution in [0.2, 0.25) is 0 Å². The van der Waals surface area contributed by atoms with Gasteiger partial charge in [0.1, 0.15) is 11.6 Å². The molecule has 2 aromatic carbocycles. The molecule has 0 radical (unpaired) electrons. The van der Waals surface area contributed by atoms with Crippen molar-refractivity contribution in [2.75, 3.05) is 11.1 Å². The van der Waals surface area contributed by atoms with E-state index in [1.807, 2.05) is 62.4 Å². The van der Waals surface area contributed by atoms with Crippen LogP contribution in [0.4, 0.5) is 11.8 Å². The Labute approximate surface area is 173 Å². The average Bonchev–Trinajstić information content (AvgIpc) is 2.74. The number of hydrogen-bond acceptors (Lipinski definition) is 6. The van der Waals surface area contributed by atoms with Crippen LogP contribution in [0.3, 0.4) is 0 Å². The van der Waals surface area contributed by atoms with Crippen LogP contribution in [0.1, 0.15) is 29.9 Å². The molecular formula is C23H20N6O. The molecule has 4 aromatic rings. The summed E-state index contributed by atoms with van der Waals surface area (Å²) in [5.41, 5.74) is 8.31. The van der Waals surface area contributed by atoms with E-state index in [2.05, 4.69) is 21.2 Å². The first-order valence-electron chi connectivity index (χ1n) is 9.43. The van der Waals surface area contributed by atoms with Gasteiger partial charge < -0.3 is 11.1 Å². The van der Waals surface area contributed by atoms with E-state index < -0.39 is 6.04 Å². The summed E-state index contributed by atoms with van der Waals surface area (Å²) < 4.78 is 1.62. The van der Waals surface area contributed by atoms with Crippen LogP contribution in [0.25, 0.3) is 16.6 Å². The molecule has 0 bridgehead atoms. The van der Waals surface area contributed by atoms with E-state index in [4.69, 9.17) is 17.1 Å². The second-order valence-corrected chi connectivity index (χ2v) is 6.92. The van der Waals surface area contributed by atoms with Crippen molar-refractivity contribution in [3.63, 3.8) is 0 Å². The third kappa shape index (κ3) is 3.35. The minimum absolute atomic E-state index is 0.103. The summed E-state index contributed by atoms with van der Waals surface area (Å²) in [5.74, 6) is 3.59. The number of nitrogens with one attached hydrogen (secondary N) is 1. The number of nitrogen functional groups attached to an aromatic ring is 1. The lowest BCUT2D eigenvalue weighted by atomic mass is 10.1. The van der Waals surface area contributed by atoms with Gasteiger partial charge in [0.2, 0.25) is 5.95 Å². The molecule has 3 N–H and O–H groups in total. The van der Waals surface area contributed by atoms with Crippen LogP contribution >= 0.6 is 0 Å². The van der Waals surface area contributed by atoms with E-state index in [0.29, 0.717) is 28.1 Å². The van der Waals surface area contributed by atoms with Crippen LogP contribution < -0.4 is 16.6 Å². The summed E-state index contributed by atoms with van der Waals surface area (Å²) in [6.45, 7) is 3.80. The lowest BCUT2D eigenvalue weighted by molar-refractivity contribution is 0.730. The molecule has 1 unspecified atom stereocenters. The van der Waals surface area contributed by atoms with Gasteiger partial charge in [-0.1, -0.05) is 36.3 Å². The maximum atomic E-state index is 13.5. The van der Waals surface area contributed by atoms with Crippen molar-refractivity contribution in [1.29, 1.82) is 0 Å². The number of anilines is 2. The van der Waals surface area contributed by atoms with Crippen LogP contribution in [0.15, 0.2) is 59.5 Å². The topological polar surface area (TPSA) is 98.7 Å². The van der Waals surface area contributed by atoms with Gasteiger partial charge in [-0.3, -0.25) is 9.36 Å². The molecule has 0 saturated heterocycles. The standard InChI is InChI=1S/C23H20N6O/c1-4-16-13-25-23(24)28-20(16)26-15(3)21-27-18-12-8-9-14(2)19(18)22(30)29(21)17-10-6-5-7-11-17/h1,5-13,15H,2-3H3,(H3,24,25,26,28). The second kappa shape index (κ2) is 7.68. The third-order valence-corrected chi connectivity index (χ3v) is 4.85. The molecule has 4 rings (SSSR count). The Hall–Kier alpha value is -4.18. The highest BCUT2D eigenvalue weighted by Crippen LogP contribution is 2.23. The van der Waals surface area contributed by atoms with Gasteiger partial charge in [0, 0.05) is 0 Å². The lowest BCUT2D eigenvalue weighted by Crippen LogP contribution is -2.28. The second-order valence-electron chi connectivity index (χ2n) is 6.92. The Morgan fingerprint density at radius 1 is 1.13 bits per heavy atom. The monoisotopic (exact) mass is 396 g/mol. The van der Waals surface area contributed by atoms with Gasteiger partial charge in [0.05, 0.1) is 34.4 Å². The number of hydrogen-bond donors (Lipinski definition) is 2. The first-order valence-corrected chi connectivity index (χ1v) is 9.43. The SMILES string of the molecule is C#Cc1cnc(N)nc1NC(C)c1nc2cccc(C)c2c(=O)n1-c1ccccc1. The first kappa shape index (κ1) is 19.2. The van der Waals surface area contributed by atoms with Crippen molar-refractivity contribution in [3.05, 3.63) is 82.0 Å². The highest BCUT2D eigenvalue weighted by Gasteiger charge is 2.20. The fourth-order valence-corrected chi connectivity index (χ4v) is 3.41. The van der Waals surface area contributed by atoms with Gasteiger partial charge in [0.15, 0.2) is 0 Å². The smallest absolute Gasteiger partial charge is 0.266 e. The molecule has 2 heterocycles. The van der Waals surface area contributed by atoms with E-state index in [1.165, 1.54) is 6.20 Å². The van der Waals surface area contributed by atoms with Crippen LogP contribution in [0, 0.1) is 19.3 Å². The van der Waals surface area contributed by atoms with Gasteiger partial charge >= 0.3 is 0 Å². The number of aromatic nitrogens is 4. The molecule has 30 heavy (non-hydrogen) atoms. The molecule has 1 atom stereocenters. The molecule has 2 aromatic heterocycles. The highest BCUT2D eigenvalue weighted by atomic mass is 16.1. The Morgan fingerprint density at radius 3 is 2.63 bits per heavy atom. The Balaban J connectivity index is 1.93. The molecule has 0 amide bonds. The van der Waals surface area contributed by atoms with Gasteiger partial charge in [0.25, 0.3) is 5.56 Å². The van der Waals surface area contributed by atoms with Crippen LogP contribution in [-0.2, 0) is 0 Å². The Morgan fingerprint density at radius 2 is 1.90 bits per heavy atom. The minimum Gasteiger partial charge on any atom is -0.368 e. The zero-order valence-corrected chi connectivity index (χ0v) is 16.6. The summed E-state index contributed by atoms with van der Waals surface area (Å²) >= 11 is 0. The fraction of sp³-hybridized carbons (Fsp3) is 0.130. The molecule has 0 spiro atoms. The van der Waals surface area contributed by atoms with Crippen molar-refractivity contribution in [2.45, 2.75) is 19.9 Å². The number of benzene rings is 2. The zero-order chi connectivity index (χ0) is 21.3. The zero-order valence-electron chi connectivity index (χ0n) is 16.6. The quantitative estimate of drug-likeness (QED) is 0.514. The van der Waals surface area contributed by atoms with Crippen molar-refractivity contribution >= 4 is 22.7 Å². The van der Waals surface area contributed by atoms with E-state index in [1.54, 1.807) is 4.57 Å². The van der Waals surface area contributed by atoms with Crippen LogP contribution in [-0.4, -0.2) is 19.5 Å². The Bertz CT molecular complexity index is 1340. The summed E-state index contributed by atoms with van der Waals surface area (Å²) in [6.07, 6.45) is 7.05. The third-order valence-electron chi connectivity index (χ3n) is 4.85. The number of nitrogens with zero attached hydrogens (tertiary/aromatic N) is 4.